The van der Waals surface area contributed by atoms with Crippen LogP contribution in [0.1, 0.15) is 15.9 Å². The number of hydrogen-bond acceptors (Lipinski definition) is 4. The number of amides is 1. The maximum absolute atomic E-state index is 12.4. The predicted molar refractivity (Wildman–Crippen MR) is 69.9 cm³/mol. The molecular weight excluding hydrogens is 246 g/mol. The molecule has 1 amide bonds. The Morgan fingerprint density at radius 3 is 3.16 bits per heavy atom. The van der Waals surface area contributed by atoms with Gasteiger partial charge >= 0.3 is 0 Å². The second-order valence-electron chi connectivity index (χ2n) is 4.54. The van der Waals surface area contributed by atoms with Crippen LogP contribution >= 0.6 is 0 Å². The molecule has 0 radical (unpaired) electrons. The molecule has 1 aliphatic heterocycles. The van der Waals surface area contributed by atoms with Gasteiger partial charge in [-0.25, -0.2) is 0 Å². The highest BCUT2D eigenvalue weighted by atomic mass is 16.5. The van der Waals surface area contributed by atoms with Gasteiger partial charge in [0.1, 0.15) is 0 Å². The monoisotopic (exact) mass is 265 g/mol. The molecule has 0 saturated carbocycles. The van der Waals surface area contributed by atoms with E-state index < -0.39 is 0 Å². The average molecular weight is 265 g/mol. The van der Waals surface area contributed by atoms with Crippen LogP contribution in [0.25, 0.3) is 0 Å². The fourth-order valence-electron chi connectivity index (χ4n) is 2.20. The van der Waals surface area contributed by atoms with Crippen molar-refractivity contribution in [2.75, 3.05) is 33.5 Å². The Bertz CT molecular complexity index is 435. The topological polar surface area (TPSA) is 59.0 Å². The first kappa shape index (κ1) is 14.0. The number of aliphatic hydroxyl groups is 1. The molecule has 1 saturated heterocycles. The zero-order valence-electron chi connectivity index (χ0n) is 11.0. The summed E-state index contributed by atoms with van der Waals surface area (Å²) in [5, 5.41) is 9.30. The zero-order valence-corrected chi connectivity index (χ0v) is 11.0. The van der Waals surface area contributed by atoms with Gasteiger partial charge < -0.3 is 19.5 Å². The molecule has 1 fully saturated rings. The van der Waals surface area contributed by atoms with Gasteiger partial charge in [0.05, 0.1) is 32.5 Å². The van der Waals surface area contributed by atoms with Crippen molar-refractivity contribution < 1.29 is 19.4 Å². The van der Waals surface area contributed by atoms with Gasteiger partial charge in [0.2, 0.25) is 0 Å². The minimum absolute atomic E-state index is 0.0692. The minimum Gasteiger partial charge on any atom is -0.394 e. The molecule has 5 nitrogen and oxygen atoms in total. The lowest BCUT2D eigenvalue weighted by Crippen LogP contribution is -2.50. The van der Waals surface area contributed by atoms with E-state index >= 15 is 0 Å². The standard InChI is InChI=1S/C14H19NO4/c1-18-9-11-3-2-4-12(7-11)14(17)15-5-6-19-10-13(15)8-16/h2-4,7,13,16H,5-6,8-10H2,1H3. The van der Waals surface area contributed by atoms with Crippen LogP contribution in [0.4, 0.5) is 0 Å². The second kappa shape index (κ2) is 6.65. The smallest absolute Gasteiger partial charge is 0.254 e. The van der Waals surface area contributed by atoms with Crippen LogP contribution in [-0.2, 0) is 16.1 Å². The van der Waals surface area contributed by atoms with Crippen LogP contribution in [0.5, 0.6) is 0 Å². The lowest BCUT2D eigenvalue weighted by atomic mass is 10.1. The lowest BCUT2D eigenvalue weighted by Gasteiger charge is -2.34. The van der Waals surface area contributed by atoms with Gasteiger partial charge in [-0.15, -0.1) is 0 Å². The van der Waals surface area contributed by atoms with Crippen LogP contribution < -0.4 is 0 Å². The second-order valence-corrected chi connectivity index (χ2v) is 4.54. The molecule has 5 heteroatoms. The van der Waals surface area contributed by atoms with Gasteiger partial charge in [-0.3, -0.25) is 4.79 Å². The van der Waals surface area contributed by atoms with E-state index in [1.165, 1.54) is 0 Å². The fraction of sp³-hybridized carbons (Fsp3) is 0.500. The first-order valence-electron chi connectivity index (χ1n) is 6.33. The third kappa shape index (κ3) is 3.32. The highest BCUT2D eigenvalue weighted by Gasteiger charge is 2.27. The number of rotatable bonds is 4. The lowest BCUT2D eigenvalue weighted by molar-refractivity contribution is -0.0184. The molecule has 1 unspecified atom stereocenters. The summed E-state index contributed by atoms with van der Waals surface area (Å²) in [6.07, 6.45) is 0. The number of carbonyl (C=O) groups is 1. The normalized spacial score (nSPS) is 19.5. The van der Waals surface area contributed by atoms with E-state index in [1.807, 2.05) is 18.2 Å². The summed E-state index contributed by atoms with van der Waals surface area (Å²) in [7, 11) is 1.62. The van der Waals surface area contributed by atoms with Crippen molar-refractivity contribution in [3.63, 3.8) is 0 Å². The molecule has 19 heavy (non-hydrogen) atoms. The first-order chi connectivity index (χ1) is 9.26. The number of hydrogen-bond donors (Lipinski definition) is 1. The largest absolute Gasteiger partial charge is 0.394 e. The van der Waals surface area contributed by atoms with Gasteiger partial charge in [0, 0.05) is 19.2 Å². The highest BCUT2D eigenvalue weighted by molar-refractivity contribution is 5.94. The Morgan fingerprint density at radius 1 is 1.58 bits per heavy atom. The molecule has 0 spiro atoms. The SMILES string of the molecule is COCc1cccc(C(=O)N2CCOCC2CO)c1. The molecule has 1 aromatic carbocycles. The highest BCUT2D eigenvalue weighted by Crippen LogP contribution is 2.14. The molecule has 1 heterocycles. The summed E-state index contributed by atoms with van der Waals surface area (Å²) < 4.78 is 10.3. The number of carbonyl (C=O) groups excluding carboxylic acids is 1. The summed E-state index contributed by atoms with van der Waals surface area (Å²) in [6, 6.07) is 7.12. The van der Waals surface area contributed by atoms with Crippen LogP contribution in [0.15, 0.2) is 24.3 Å². The Balaban J connectivity index is 2.15. The summed E-state index contributed by atoms with van der Waals surface area (Å²) in [5.41, 5.74) is 1.58. The molecular formula is C14H19NO4. The molecule has 1 N–H and O–H groups in total. The number of benzene rings is 1. The zero-order chi connectivity index (χ0) is 13.7. The van der Waals surface area contributed by atoms with E-state index in [0.717, 1.165) is 5.56 Å². The molecule has 2 rings (SSSR count). The Kier molecular flexibility index (Phi) is 4.90. The van der Waals surface area contributed by atoms with Crippen molar-refractivity contribution in [3.8, 4) is 0 Å². The maximum Gasteiger partial charge on any atom is 0.254 e. The number of ether oxygens (including phenoxy) is 2. The van der Waals surface area contributed by atoms with Crippen LogP contribution in [0.3, 0.4) is 0 Å². The van der Waals surface area contributed by atoms with E-state index in [9.17, 15) is 9.90 Å². The van der Waals surface area contributed by atoms with Crippen molar-refractivity contribution in [2.24, 2.45) is 0 Å². The van der Waals surface area contributed by atoms with E-state index in [0.29, 0.717) is 31.9 Å². The molecule has 1 aromatic rings. The van der Waals surface area contributed by atoms with E-state index in [4.69, 9.17) is 9.47 Å². The number of nitrogens with zero attached hydrogens (tertiary/aromatic N) is 1. The third-order valence-corrected chi connectivity index (χ3v) is 3.18. The van der Waals surface area contributed by atoms with Gasteiger partial charge in [-0.05, 0) is 17.7 Å². The van der Waals surface area contributed by atoms with E-state index in [1.54, 1.807) is 18.1 Å². The quantitative estimate of drug-likeness (QED) is 0.869. The van der Waals surface area contributed by atoms with Crippen molar-refractivity contribution in [2.45, 2.75) is 12.6 Å². The van der Waals surface area contributed by atoms with Crippen molar-refractivity contribution in [1.82, 2.24) is 4.90 Å². The number of aliphatic hydroxyl groups excluding tert-OH is 1. The Hall–Kier alpha value is -1.43. The first-order valence-corrected chi connectivity index (χ1v) is 6.33. The van der Waals surface area contributed by atoms with Gasteiger partial charge in [0.25, 0.3) is 5.91 Å². The van der Waals surface area contributed by atoms with Crippen LogP contribution in [-0.4, -0.2) is 55.4 Å². The molecule has 0 aromatic heterocycles. The maximum atomic E-state index is 12.4. The summed E-state index contributed by atoms with van der Waals surface area (Å²) in [4.78, 5) is 14.1. The summed E-state index contributed by atoms with van der Waals surface area (Å²) in [6.45, 7) is 1.82. The minimum atomic E-state index is -0.257. The van der Waals surface area contributed by atoms with Gasteiger partial charge in [-0.1, -0.05) is 12.1 Å². The number of methoxy groups -OCH3 is 1. The van der Waals surface area contributed by atoms with E-state index in [-0.39, 0.29) is 18.6 Å². The van der Waals surface area contributed by atoms with Gasteiger partial charge in [0.15, 0.2) is 0 Å². The summed E-state index contributed by atoms with van der Waals surface area (Å²) >= 11 is 0. The van der Waals surface area contributed by atoms with E-state index in [2.05, 4.69) is 0 Å². The van der Waals surface area contributed by atoms with Crippen molar-refractivity contribution in [3.05, 3.63) is 35.4 Å². The van der Waals surface area contributed by atoms with Crippen LogP contribution in [0, 0.1) is 0 Å². The average Bonchev–Trinajstić information content (AvgIpc) is 2.47. The molecule has 104 valence electrons. The fourth-order valence-corrected chi connectivity index (χ4v) is 2.20. The summed E-state index contributed by atoms with van der Waals surface area (Å²) in [5.74, 6) is -0.0692. The molecule has 1 aliphatic rings. The number of morpholine rings is 1. The predicted octanol–water partition coefficient (Wildman–Crippen LogP) is 0.666. The molecule has 0 bridgehead atoms. The van der Waals surface area contributed by atoms with Gasteiger partial charge in [-0.2, -0.15) is 0 Å². The van der Waals surface area contributed by atoms with Crippen molar-refractivity contribution >= 4 is 5.91 Å². The van der Waals surface area contributed by atoms with Crippen LogP contribution in [0.2, 0.25) is 0 Å². The molecule has 0 aliphatic carbocycles. The van der Waals surface area contributed by atoms with Crippen molar-refractivity contribution in [1.29, 1.82) is 0 Å². The Morgan fingerprint density at radius 2 is 2.42 bits per heavy atom. The Labute approximate surface area is 112 Å². The molecule has 1 atom stereocenters. The third-order valence-electron chi connectivity index (χ3n) is 3.18.